The minimum Gasteiger partial charge on any atom is -0.157 e. The van der Waals surface area contributed by atoms with Gasteiger partial charge in [0.25, 0.3) is 0 Å². The van der Waals surface area contributed by atoms with E-state index in [0.29, 0.717) is 5.02 Å². The fraction of sp³-hybridized carbons (Fsp3) is 0. The SMILES string of the molecule is Clc1cccc(-n2nccn2)c1. The van der Waals surface area contributed by atoms with Gasteiger partial charge in [0.15, 0.2) is 0 Å². The van der Waals surface area contributed by atoms with Gasteiger partial charge in [0, 0.05) is 5.02 Å². The Balaban J connectivity index is 2.48. The van der Waals surface area contributed by atoms with E-state index < -0.39 is 0 Å². The molecule has 0 N–H and O–H groups in total. The van der Waals surface area contributed by atoms with Crippen LogP contribution >= 0.6 is 11.6 Å². The standard InChI is InChI=1S/C8H6ClN3/c9-7-2-1-3-8(6-7)12-10-4-5-11-12/h1-6H. The van der Waals surface area contributed by atoms with Crippen LogP contribution in [0.2, 0.25) is 5.02 Å². The lowest BCUT2D eigenvalue weighted by molar-refractivity contribution is 0.752. The van der Waals surface area contributed by atoms with E-state index in [0.717, 1.165) is 5.69 Å². The zero-order chi connectivity index (χ0) is 8.39. The third-order valence-electron chi connectivity index (χ3n) is 1.46. The van der Waals surface area contributed by atoms with Gasteiger partial charge in [-0.1, -0.05) is 17.7 Å². The van der Waals surface area contributed by atoms with Crippen molar-refractivity contribution < 1.29 is 0 Å². The molecule has 60 valence electrons. The van der Waals surface area contributed by atoms with E-state index in [-0.39, 0.29) is 0 Å². The summed E-state index contributed by atoms with van der Waals surface area (Å²) in [6.45, 7) is 0. The van der Waals surface area contributed by atoms with Crippen LogP contribution in [0.25, 0.3) is 5.69 Å². The maximum Gasteiger partial charge on any atom is 0.0871 e. The van der Waals surface area contributed by atoms with Gasteiger partial charge < -0.3 is 0 Å². The second-order valence-corrected chi connectivity index (χ2v) is 2.73. The lowest BCUT2D eigenvalue weighted by atomic mass is 10.3. The van der Waals surface area contributed by atoms with Crippen molar-refractivity contribution in [2.24, 2.45) is 0 Å². The van der Waals surface area contributed by atoms with Crippen molar-refractivity contribution in [1.82, 2.24) is 15.0 Å². The molecule has 1 aromatic heterocycles. The molecule has 2 aromatic rings. The van der Waals surface area contributed by atoms with Gasteiger partial charge in [-0.05, 0) is 18.2 Å². The molecule has 1 heterocycles. The van der Waals surface area contributed by atoms with Gasteiger partial charge in [-0.25, -0.2) is 0 Å². The average Bonchev–Trinajstić information content (AvgIpc) is 2.56. The van der Waals surface area contributed by atoms with Gasteiger partial charge in [0.05, 0.1) is 18.1 Å². The Morgan fingerprint density at radius 2 is 1.92 bits per heavy atom. The smallest absolute Gasteiger partial charge is 0.0871 e. The number of hydrogen-bond donors (Lipinski definition) is 0. The number of hydrogen-bond acceptors (Lipinski definition) is 2. The summed E-state index contributed by atoms with van der Waals surface area (Å²) in [7, 11) is 0. The quantitative estimate of drug-likeness (QED) is 0.670. The van der Waals surface area contributed by atoms with Crippen LogP contribution in [-0.2, 0) is 0 Å². The van der Waals surface area contributed by atoms with E-state index in [1.54, 1.807) is 12.4 Å². The van der Waals surface area contributed by atoms with E-state index in [1.807, 2.05) is 24.3 Å². The normalized spacial score (nSPS) is 10.1. The summed E-state index contributed by atoms with van der Waals surface area (Å²) in [5, 5.41) is 8.63. The summed E-state index contributed by atoms with van der Waals surface area (Å²) in [6.07, 6.45) is 3.25. The Bertz CT molecular complexity index is 370. The van der Waals surface area contributed by atoms with Crippen LogP contribution in [0.3, 0.4) is 0 Å². The molecule has 0 amide bonds. The molecule has 12 heavy (non-hydrogen) atoms. The number of halogens is 1. The van der Waals surface area contributed by atoms with Crippen molar-refractivity contribution in [3.63, 3.8) is 0 Å². The molecular formula is C8H6ClN3. The molecule has 1 aromatic carbocycles. The molecule has 0 fully saturated rings. The van der Waals surface area contributed by atoms with Gasteiger partial charge >= 0.3 is 0 Å². The van der Waals surface area contributed by atoms with Crippen LogP contribution in [-0.4, -0.2) is 15.0 Å². The molecule has 3 nitrogen and oxygen atoms in total. The predicted molar refractivity (Wildman–Crippen MR) is 46.4 cm³/mol. The zero-order valence-electron chi connectivity index (χ0n) is 6.18. The first-order chi connectivity index (χ1) is 5.86. The Hall–Kier alpha value is -1.35. The minimum atomic E-state index is 0.685. The van der Waals surface area contributed by atoms with E-state index in [2.05, 4.69) is 10.2 Å². The van der Waals surface area contributed by atoms with Crippen molar-refractivity contribution in [3.8, 4) is 5.69 Å². The molecule has 0 atom stereocenters. The predicted octanol–water partition coefficient (Wildman–Crippen LogP) is 1.92. The third-order valence-corrected chi connectivity index (χ3v) is 1.69. The lowest BCUT2D eigenvalue weighted by Gasteiger charge is -1.98. The molecule has 0 aliphatic carbocycles. The van der Waals surface area contributed by atoms with Crippen molar-refractivity contribution in [3.05, 3.63) is 41.7 Å². The van der Waals surface area contributed by atoms with Crippen LogP contribution in [0.1, 0.15) is 0 Å². The van der Waals surface area contributed by atoms with Crippen molar-refractivity contribution in [1.29, 1.82) is 0 Å². The Kier molecular flexibility index (Phi) is 1.80. The van der Waals surface area contributed by atoms with Crippen LogP contribution < -0.4 is 0 Å². The largest absolute Gasteiger partial charge is 0.157 e. The number of aromatic nitrogens is 3. The highest BCUT2D eigenvalue weighted by Gasteiger charge is 1.96. The summed E-state index contributed by atoms with van der Waals surface area (Å²) in [5.74, 6) is 0. The molecule has 2 rings (SSSR count). The van der Waals surface area contributed by atoms with Gasteiger partial charge in [-0.15, -0.1) is 0 Å². The molecule has 0 aliphatic heterocycles. The van der Waals surface area contributed by atoms with Gasteiger partial charge in [0.1, 0.15) is 0 Å². The summed E-state index contributed by atoms with van der Waals surface area (Å²) in [6, 6.07) is 7.38. The number of rotatable bonds is 1. The van der Waals surface area contributed by atoms with Crippen molar-refractivity contribution in [2.45, 2.75) is 0 Å². The Labute approximate surface area is 74.6 Å². The summed E-state index contributed by atoms with van der Waals surface area (Å²) < 4.78 is 0. The first kappa shape index (κ1) is 7.31. The summed E-state index contributed by atoms with van der Waals surface area (Å²) in [4.78, 5) is 1.52. The minimum absolute atomic E-state index is 0.685. The monoisotopic (exact) mass is 179 g/mol. The van der Waals surface area contributed by atoms with Gasteiger partial charge in [-0.3, -0.25) is 0 Å². The van der Waals surface area contributed by atoms with E-state index in [9.17, 15) is 0 Å². The third kappa shape index (κ3) is 1.31. The molecular weight excluding hydrogens is 174 g/mol. The molecule has 0 saturated heterocycles. The highest BCUT2D eigenvalue weighted by molar-refractivity contribution is 6.30. The second kappa shape index (κ2) is 2.95. The summed E-state index contributed by atoms with van der Waals surface area (Å²) in [5.41, 5.74) is 0.868. The van der Waals surface area contributed by atoms with Crippen LogP contribution in [0.4, 0.5) is 0 Å². The number of benzene rings is 1. The Morgan fingerprint density at radius 1 is 1.17 bits per heavy atom. The topological polar surface area (TPSA) is 30.7 Å². The zero-order valence-corrected chi connectivity index (χ0v) is 6.94. The van der Waals surface area contributed by atoms with Gasteiger partial charge in [-0.2, -0.15) is 15.0 Å². The van der Waals surface area contributed by atoms with E-state index in [4.69, 9.17) is 11.6 Å². The second-order valence-electron chi connectivity index (χ2n) is 2.30. The lowest BCUT2D eigenvalue weighted by Crippen LogP contribution is -1.97. The molecule has 0 unspecified atom stereocenters. The highest BCUT2D eigenvalue weighted by atomic mass is 35.5. The molecule has 4 heteroatoms. The van der Waals surface area contributed by atoms with Crippen molar-refractivity contribution >= 4 is 11.6 Å². The van der Waals surface area contributed by atoms with E-state index >= 15 is 0 Å². The van der Waals surface area contributed by atoms with Crippen LogP contribution in [0.5, 0.6) is 0 Å². The first-order valence-electron chi connectivity index (χ1n) is 3.48. The van der Waals surface area contributed by atoms with Crippen molar-refractivity contribution in [2.75, 3.05) is 0 Å². The average molecular weight is 180 g/mol. The van der Waals surface area contributed by atoms with E-state index in [1.165, 1.54) is 4.80 Å². The fourth-order valence-corrected chi connectivity index (χ4v) is 1.13. The fourth-order valence-electron chi connectivity index (χ4n) is 0.950. The van der Waals surface area contributed by atoms with Crippen LogP contribution in [0.15, 0.2) is 36.7 Å². The highest BCUT2D eigenvalue weighted by Crippen LogP contribution is 2.12. The molecule has 0 spiro atoms. The summed E-state index contributed by atoms with van der Waals surface area (Å²) >= 11 is 5.79. The first-order valence-corrected chi connectivity index (χ1v) is 3.86. The molecule has 0 bridgehead atoms. The maximum atomic E-state index is 5.79. The van der Waals surface area contributed by atoms with Crippen LogP contribution in [0, 0.1) is 0 Å². The molecule has 0 saturated carbocycles. The van der Waals surface area contributed by atoms with Gasteiger partial charge in [0.2, 0.25) is 0 Å². The number of nitrogens with zero attached hydrogens (tertiary/aromatic N) is 3. The molecule has 0 aliphatic rings. The molecule has 0 radical (unpaired) electrons. The Morgan fingerprint density at radius 3 is 2.58 bits per heavy atom. The maximum absolute atomic E-state index is 5.79.